The van der Waals surface area contributed by atoms with Crippen LogP contribution in [0.2, 0.25) is 0 Å². The standard InChI is InChI=1S/C8H8N2O2/c1-10-6-4-2-3-5(9)7(6)12-8(10)11/h2-4H,9H2,1H3. The number of nitrogen functional groups attached to an aromatic ring is 1. The van der Waals surface area contributed by atoms with E-state index in [9.17, 15) is 4.79 Å². The highest BCUT2D eigenvalue weighted by Gasteiger charge is 2.06. The van der Waals surface area contributed by atoms with E-state index in [2.05, 4.69) is 0 Å². The number of nitrogens with two attached hydrogens (primary N) is 1. The molecule has 1 heterocycles. The number of rotatable bonds is 0. The van der Waals surface area contributed by atoms with Gasteiger partial charge in [-0.25, -0.2) is 4.79 Å². The molecule has 4 heteroatoms. The fraction of sp³-hybridized carbons (Fsp3) is 0.125. The van der Waals surface area contributed by atoms with Gasteiger partial charge < -0.3 is 10.2 Å². The summed E-state index contributed by atoms with van der Waals surface area (Å²) in [6, 6.07) is 5.27. The number of oxazole rings is 1. The average molecular weight is 164 g/mol. The highest BCUT2D eigenvalue weighted by Crippen LogP contribution is 2.18. The second kappa shape index (κ2) is 2.14. The SMILES string of the molecule is Cn1c(=O)oc2c(N)cccc21. The Morgan fingerprint density at radius 3 is 2.92 bits per heavy atom. The van der Waals surface area contributed by atoms with E-state index in [1.54, 1.807) is 25.2 Å². The molecule has 0 saturated heterocycles. The summed E-state index contributed by atoms with van der Waals surface area (Å²) in [5.74, 6) is -0.386. The van der Waals surface area contributed by atoms with Crippen molar-refractivity contribution in [1.29, 1.82) is 0 Å². The average Bonchev–Trinajstić information content (AvgIpc) is 2.32. The lowest BCUT2D eigenvalue weighted by atomic mass is 10.3. The number of para-hydroxylation sites is 1. The van der Waals surface area contributed by atoms with Crippen LogP contribution in [0.4, 0.5) is 5.69 Å². The topological polar surface area (TPSA) is 61.2 Å². The van der Waals surface area contributed by atoms with E-state index in [1.165, 1.54) is 4.57 Å². The summed E-state index contributed by atoms with van der Waals surface area (Å²) in [6.07, 6.45) is 0. The Balaban J connectivity index is 3.05. The smallest absolute Gasteiger partial charge is 0.405 e. The lowest BCUT2D eigenvalue weighted by Gasteiger charge is -1.92. The van der Waals surface area contributed by atoms with Crippen LogP contribution in [-0.4, -0.2) is 4.57 Å². The number of hydrogen-bond donors (Lipinski definition) is 1. The molecular formula is C8H8N2O2. The zero-order chi connectivity index (χ0) is 8.72. The van der Waals surface area contributed by atoms with Crippen LogP contribution in [0.15, 0.2) is 27.4 Å². The molecule has 0 aliphatic carbocycles. The molecule has 0 bridgehead atoms. The van der Waals surface area contributed by atoms with Gasteiger partial charge in [0.15, 0.2) is 5.58 Å². The summed E-state index contributed by atoms with van der Waals surface area (Å²) in [4.78, 5) is 11.0. The quantitative estimate of drug-likeness (QED) is 0.583. The molecule has 12 heavy (non-hydrogen) atoms. The van der Waals surface area contributed by atoms with Gasteiger partial charge in [0.1, 0.15) is 0 Å². The number of anilines is 1. The molecule has 0 unspecified atom stereocenters. The number of benzene rings is 1. The first kappa shape index (κ1) is 6.97. The molecule has 0 aliphatic rings. The van der Waals surface area contributed by atoms with Gasteiger partial charge in [-0.15, -0.1) is 0 Å². The third-order valence-electron chi connectivity index (χ3n) is 1.85. The molecule has 0 fully saturated rings. The van der Waals surface area contributed by atoms with Crippen LogP contribution >= 0.6 is 0 Å². The van der Waals surface area contributed by atoms with Crippen LogP contribution in [0.1, 0.15) is 0 Å². The summed E-state index contributed by atoms with van der Waals surface area (Å²) >= 11 is 0. The van der Waals surface area contributed by atoms with Gasteiger partial charge in [-0.1, -0.05) is 6.07 Å². The lowest BCUT2D eigenvalue weighted by Crippen LogP contribution is -2.08. The Morgan fingerprint density at radius 1 is 1.50 bits per heavy atom. The van der Waals surface area contributed by atoms with Crippen molar-refractivity contribution in [2.75, 3.05) is 5.73 Å². The van der Waals surface area contributed by atoms with Gasteiger partial charge in [0.05, 0.1) is 11.2 Å². The van der Waals surface area contributed by atoms with Crippen LogP contribution in [0.3, 0.4) is 0 Å². The maximum absolute atomic E-state index is 11.0. The number of aryl methyl sites for hydroxylation is 1. The van der Waals surface area contributed by atoms with E-state index in [1.807, 2.05) is 0 Å². The van der Waals surface area contributed by atoms with Crippen molar-refractivity contribution in [2.24, 2.45) is 7.05 Å². The third-order valence-corrected chi connectivity index (χ3v) is 1.85. The maximum atomic E-state index is 11.0. The summed E-state index contributed by atoms with van der Waals surface area (Å²) in [7, 11) is 1.65. The maximum Gasteiger partial charge on any atom is 0.419 e. The molecule has 0 amide bonds. The third kappa shape index (κ3) is 0.747. The fourth-order valence-electron chi connectivity index (χ4n) is 1.17. The normalized spacial score (nSPS) is 10.8. The summed E-state index contributed by atoms with van der Waals surface area (Å²) in [5, 5.41) is 0. The molecule has 2 aromatic rings. The van der Waals surface area contributed by atoms with E-state index in [4.69, 9.17) is 10.2 Å². The Hall–Kier alpha value is -1.71. The van der Waals surface area contributed by atoms with Crippen LogP contribution in [0.5, 0.6) is 0 Å². The summed E-state index contributed by atoms with van der Waals surface area (Å²) < 4.78 is 6.33. The number of aromatic nitrogens is 1. The molecular weight excluding hydrogens is 156 g/mol. The zero-order valence-electron chi connectivity index (χ0n) is 6.57. The second-order valence-corrected chi connectivity index (χ2v) is 2.62. The molecule has 2 N–H and O–H groups in total. The van der Waals surface area contributed by atoms with Crippen LogP contribution in [-0.2, 0) is 7.05 Å². The van der Waals surface area contributed by atoms with Crippen LogP contribution in [0.25, 0.3) is 11.1 Å². The Labute approximate surface area is 68.2 Å². The van der Waals surface area contributed by atoms with Crippen molar-refractivity contribution in [2.45, 2.75) is 0 Å². The monoisotopic (exact) mass is 164 g/mol. The highest BCUT2D eigenvalue weighted by atomic mass is 16.4. The van der Waals surface area contributed by atoms with Gasteiger partial charge >= 0.3 is 5.76 Å². The molecule has 0 radical (unpaired) electrons. The van der Waals surface area contributed by atoms with Gasteiger partial charge in [-0.3, -0.25) is 4.57 Å². The Morgan fingerprint density at radius 2 is 2.25 bits per heavy atom. The predicted octanol–water partition coefficient (Wildman–Crippen LogP) is 0.714. The molecule has 62 valence electrons. The summed E-state index contributed by atoms with van der Waals surface area (Å²) in [5.41, 5.74) is 7.27. The Kier molecular flexibility index (Phi) is 1.24. The zero-order valence-corrected chi connectivity index (χ0v) is 6.57. The number of nitrogens with zero attached hydrogens (tertiary/aromatic N) is 1. The van der Waals surface area contributed by atoms with Crippen molar-refractivity contribution >= 4 is 16.8 Å². The highest BCUT2D eigenvalue weighted by molar-refractivity contribution is 5.84. The number of fused-ring (bicyclic) bond motifs is 1. The molecule has 1 aromatic heterocycles. The number of hydrogen-bond acceptors (Lipinski definition) is 3. The first-order valence-corrected chi connectivity index (χ1v) is 3.54. The van der Waals surface area contributed by atoms with Gasteiger partial charge in [-0.05, 0) is 12.1 Å². The molecule has 0 saturated carbocycles. The van der Waals surface area contributed by atoms with Crippen LogP contribution < -0.4 is 11.5 Å². The van der Waals surface area contributed by atoms with E-state index in [-0.39, 0.29) is 5.76 Å². The molecule has 4 nitrogen and oxygen atoms in total. The molecule has 0 spiro atoms. The van der Waals surface area contributed by atoms with Gasteiger partial charge in [0.25, 0.3) is 0 Å². The van der Waals surface area contributed by atoms with Gasteiger partial charge in [-0.2, -0.15) is 0 Å². The van der Waals surface area contributed by atoms with E-state index >= 15 is 0 Å². The van der Waals surface area contributed by atoms with Crippen molar-refractivity contribution in [3.8, 4) is 0 Å². The molecule has 0 aliphatic heterocycles. The second-order valence-electron chi connectivity index (χ2n) is 2.62. The minimum atomic E-state index is -0.386. The minimum absolute atomic E-state index is 0.386. The largest absolute Gasteiger partial charge is 0.419 e. The first-order valence-electron chi connectivity index (χ1n) is 3.54. The Bertz CT molecular complexity index is 481. The van der Waals surface area contributed by atoms with E-state index in [0.717, 1.165) is 5.52 Å². The van der Waals surface area contributed by atoms with Gasteiger partial charge in [0, 0.05) is 7.05 Å². The fourth-order valence-corrected chi connectivity index (χ4v) is 1.17. The van der Waals surface area contributed by atoms with Gasteiger partial charge in [0.2, 0.25) is 0 Å². The van der Waals surface area contributed by atoms with E-state index in [0.29, 0.717) is 11.3 Å². The first-order chi connectivity index (χ1) is 5.70. The molecule has 0 atom stereocenters. The molecule has 1 aromatic carbocycles. The van der Waals surface area contributed by atoms with E-state index < -0.39 is 0 Å². The minimum Gasteiger partial charge on any atom is -0.405 e. The molecule has 2 rings (SSSR count). The van der Waals surface area contributed by atoms with Crippen molar-refractivity contribution < 1.29 is 4.42 Å². The van der Waals surface area contributed by atoms with Crippen molar-refractivity contribution in [3.63, 3.8) is 0 Å². The van der Waals surface area contributed by atoms with Crippen molar-refractivity contribution in [3.05, 3.63) is 28.7 Å². The lowest BCUT2D eigenvalue weighted by molar-refractivity contribution is 0.529. The van der Waals surface area contributed by atoms with Crippen molar-refractivity contribution in [1.82, 2.24) is 4.57 Å². The predicted molar refractivity (Wildman–Crippen MR) is 45.9 cm³/mol. The summed E-state index contributed by atoms with van der Waals surface area (Å²) in [6.45, 7) is 0. The van der Waals surface area contributed by atoms with Crippen LogP contribution in [0, 0.1) is 0 Å².